The van der Waals surface area contributed by atoms with Crippen LogP contribution < -0.4 is 10.2 Å². The molecular weight excluding hydrogens is 286 g/mol. The van der Waals surface area contributed by atoms with E-state index in [0.29, 0.717) is 5.95 Å². The van der Waals surface area contributed by atoms with Crippen LogP contribution in [0, 0.1) is 13.8 Å². The summed E-state index contributed by atoms with van der Waals surface area (Å²) >= 11 is 0. The van der Waals surface area contributed by atoms with Gasteiger partial charge in [-0.1, -0.05) is 24.6 Å². The second kappa shape index (κ2) is 6.96. The lowest BCUT2D eigenvalue weighted by Gasteiger charge is -2.34. The molecule has 122 valence electrons. The molecule has 0 unspecified atom stereocenters. The van der Waals surface area contributed by atoms with Crippen molar-refractivity contribution in [2.45, 2.75) is 20.8 Å². The molecule has 0 saturated carbocycles. The fourth-order valence-electron chi connectivity index (χ4n) is 2.83. The molecule has 1 N–H and O–H groups in total. The molecule has 0 bridgehead atoms. The van der Waals surface area contributed by atoms with E-state index in [1.54, 1.807) is 0 Å². The van der Waals surface area contributed by atoms with Crippen molar-refractivity contribution in [3.8, 4) is 0 Å². The highest BCUT2D eigenvalue weighted by Gasteiger charge is 2.17. The Kier molecular flexibility index (Phi) is 4.76. The second-order valence-electron chi connectivity index (χ2n) is 6.10. The van der Waals surface area contributed by atoms with Crippen molar-refractivity contribution in [3.05, 3.63) is 41.6 Å². The number of piperazine rings is 1. The van der Waals surface area contributed by atoms with Crippen LogP contribution in [0.4, 0.5) is 17.5 Å². The Balaban J connectivity index is 1.75. The third kappa shape index (κ3) is 3.99. The normalized spacial score (nSPS) is 15.7. The molecule has 2 aromatic rings. The summed E-state index contributed by atoms with van der Waals surface area (Å²) in [5, 5.41) is 3.31. The van der Waals surface area contributed by atoms with Gasteiger partial charge in [0.2, 0.25) is 5.95 Å². The third-order valence-electron chi connectivity index (χ3n) is 4.29. The summed E-state index contributed by atoms with van der Waals surface area (Å²) in [6, 6.07) is 10.4. The Morgan fingerprint density at radius 2 is 1.70 bits per heavy atom. The number of benzene rings is 1. The van der Waals surface area contributed by atoms with Crippen molar-refractivity contribution in [3.63, 3.8) is 0 Å². The van der Waals surface area contributed by atoms with Gasteiger partial charge in [0.05, 0.1) is 0 Å². The fourth-order valence-corrected chi connectivity index (χ4v) is 2.83. The molecule has 1 fully saturated rings. The van der Waals surface area contributed by atoms with E-state index < -0.39 is 0 Å². The number of rotatable bonds is 4. The number of hydrogen-bond acceptors (Lipinski definition) is 5. The lowest BCUT2D eigenvalue weighted by atomic mass is 10.2. The van der Waals surface area contributed by atoms with E-state index in [0.717, 1.165) is 49.9 Å². The molecule has 0 atom stereocenters. The summed E-state index contributed by atoms with van der Waals surface area (Å²) in [6.07, 6.45) is 0. The van der Waals surface area contributed by atoms with Gasteiger partial charge in [-0.3, -0.25) is 0 Å². The Labute approximate surface area is 138 Å². The van der Waals surface area contributed by atoms with Gasteiger partial charge in [-0.05, 0) is 32.5 Å². The monoisotopic (exact) mass is 311 g/mol. The number of aryl methyl sites for hydroxylation is 2. The first-order valence-corrected chi connectivity index (χ1v) is 8.30. The average Bonchev–Trinajstić information content (AvgIpc) is 2.56. The zero-order valence-electron chi connectivity index (χ0n) is 14.2. The van der Waals surface area contributed by atoms with Crippen molar-refractivity contribution in [2.75, 3.05) is 42.9 Å². The van der Waals surface area contributed by atoms with Crippen LogP contribution in [0.3, 0.4) is 0 Å². The van der Waals surface area contributed by atoms with Crippen LogP contribution in [0.5, 0.6) is 0 Å². The van der Waals surface area contributed by atoms with E-state index >= 15 is 0 Å². The molecule has 0 aliphatic carbocycles. The summed E-state index contributed by atoms with van der Waals surface area (Å²) in [5.74, 6) is 1.68. The molecule has 1 aromatic heterocycles. The first-order valence-electron chi connectivity index (χ1n) is 8.30. The number of aromatic nitrogens is 2. The van der Waals surface area contributed by atoms with Gasteiger partial charge in [0.25, 0.3) is 0 Å². The lowest BCUT2D eigenvalue weighted by molar-refractivity contribution is 0.270. The van der Waals surface area contributed by atoms with Crippen LogP contribution in [0.1, 0.15) is 18.2 Å². The predicted molar refractivity (Wildman–Crippen MR) is 95.6 cm³/mol. The lowest BCUT2D eigenvalue weighted by Crippen LogP contribution is -2.46. The zero-order chi connectivity index (χ0) is 16.2. The van der Waals surface area contributed by atoms with Crippen LogP contribution in [-0.2, 0) is 0 Å². The minimum Gasteiger partial charge on any atom is -0.354 e. The topological polar surface area (TPSA) is 44.3 Å². The van der Waals surface area contributed by atoms with Crippen molar-refractivity contribution in [1.29, 1.82) is 0 Å². The highest BCUT2D eigenvalue weighted by atomic mass is 15.3. The largest absolute Gasteiger partial charge is 0.354 e. The summed E-state index contributed by atoms with van der Waals surface area (Å²) in [6.45, 7) is 11.7. The first kappa shape index (κ1) is 15.7. The van der Waals surface area contributed by atoms with Crippen LogP contribution in [0.15, 0.2) is 30.3 Å². The number of hydrogen-bond donors (Lipinski definition) is 1. The zero-order valence-corrected chi connectivity index (χ0v) is 14.2. The number of likely N-dealkylation sites (N-methyl/N-ethyl adjacent to an activating group) is 1. The maximum Gasteiger partial charge on any atom is 0.229 e. The Morgan fingerprint density at radius 1 is 1.00 bits per heavy atom. The Morgan fingerprint density at radius 3 is 2.35 bits per heavy atom. The fraction of sp³-hybridized carbons (Fsp3) is 0.444. The molecule has 0 radical (unpaired) electrons. The molecule has 1 saturated heterocycles. The van der Waals surface area contributed by atoms with Gasteiger partial charge in [-0.15, -0.1) is 0 Å². The second-order valence-corrected chi connectivity index (χ2v) is 6.10. The summed E-state index contributed by atoms with van der Waals surface area (Å²) < 4.78 is 0. The van der Waals surface area contributed by atoms with E-state index in [4.69, 9.17) is 4.98 Å². The number of anilines is 3. The van der Waals surface area contributed by atoms with E-state index in [1.807, 2.05) is 6.92 Å². The van der Waals surface area contributed by atoms with Crippen molar-refractivity contribution in [1.82, 2.24) is 14.9 Å². The van der Waals surface area contributed by atoms with Gasteiger partial charge in [-0.25, -0.2) is 4.98 Å². The van der Waals surface area contributed by atoms with E-state index in [-0.39, 0.29) is 0 Å². The molecule has 5 heteroatoms. The van der Waals surface area contributed by atoms with Crippen LogP contribution in [0.25, 0.3) is 0 Å². The highest BCUT2D eigenvalue weighted by Crippen LogP contribution is 2.19. The van der Waals surface area contributed by atoms with Gasteiger partial charge in [-0.2, -0.15) is 4.98 Å². The molecule has 1 aliphatic heterocycles. The van der Waals surface area contributed by atoms with Crippen LogP contribution in [-0.4, -0.2) is 47.6 Å². The van der Waals surface area contributed by atoms with E-state index in [2.05, 4.69) is 64.3 Å². The van der Waals surface area contributed by atoms with E-state index in [9.17, 15) is 0 Å². The van der Waals surface area contributed by atoms with Gasteiger partial charge < -0.3 is 15.1 Å². The smallest absolute Gasteiger partial charge is 0.229 e. The minimum atomic E-state index is 0.668. The molecule has 0 spiro atoms. The van der Waals surface area contributed by atoms with Crippen molar-refractivity contribution >= 4 is 17.5 Å². The van der Waals surface area contributed by atoms with Gasteiger partial charge in [0.1, 0.15) is 5.82 Å². The quantitative estimate of drug-likeness (QED) is 0.940. The van der Waals surface area contributed by atoms with Crippen LogP contribution >= 0.6 is 0 Å². The number of nitrogens with zero attached hydrogens (tertiary/aromatic N) is 4. The molecule has 2 heterocycles. The molecule has 23 heavy (non-hydrogen) atoms. The SMILES string of the molecule is CCN1CCN(c2cc(C)nc(Nc3ccc(C)cc3)n2)CC1. The average molecular weight is 311 g/mol. The molecule has 1 aromatic carbocycles. The van der Waals surface area contributed by atoms with Gasteiger partial charge in [0, 0.05) is 43.6 Å². The predicted octanol–water partition coefficient (Wildman–Crippen LogP) is 2.98. The maximum atomic E-state index is 4.71. The highest BCUT2D eigenvalue weighted by molar-refractivity contribution is 5.56. The molecular formula is C18H25N5. The third-order valence-corrected chi connectivity index (χ3v) is 4.29. The van der Waals surface area contributed by atoms with E-state index in [1.165, 1.54) is 5.56 Å². The molecule has 0 amide bonds. The standard InChI is InChI=1S/C18H25N5/c1-4-22-9-11-23(12-10-22)17-13-15(3)19-18(21-17)20-16-7-5-14(2)6-8-16/h5-8,13H,4,9-12H2,1-3H3,(H,19,20,21). The van der Waals surface area contributed by atoms with Gasteiger partial charge >= 0.3 is 0 Å². The van der Waals surface area contributed by atoms with Crippen molar-refractivity contribution < 1.29 is 0 Å². The maximum absolute atomic E-state index is 4.71. The summed E-state index contributed by atoms with van der Waals surface area (Å²) in [5.41, 5.74) is 3.25. The molecule has 3 rings (SSSR count). The minimum absolute atomic E-state index is 0.668. The summed E-state index contributed by atoms with van der Waals surface area (Å²) in [4.78, 5) is 14.0. The van der Waals surface area contributed by atoms with Crippen LogP contribution in [0.2, 0.25) is 0 Å². The Bertz CT molecular complexity index is 645. The van der Waals surface area contributed by atoms with Gasteiger partial charge in [0.15, 0.2) is 0 Å². The van der Waals surface area contributed by atoms with Crippen molar-refractivity contribution in [2.24, 2.45) is 0 Å². The molecule has 1 aliphatic rings. The molecule has 5 nitrogen and oxygen atoms in total. The summed E-state index contributed by atoms with van der Waals surface area (Å²) in [7, 11) is 0. The number of nitrogens with one attached hydrogen (secondary N) is 1. The Hall–Kier alpha value is -2.14. The first-order chi connectivity index (χ1) is 11.1.